The number of hydrogen-bond acceptors (Lipinski definition) is 3. The molecule has 0 radical (unpaired) electrons. The first-order chi connectivity index (χ1) is 12.2. The molecule has 2 aromatic carbocycles. The Hall–Kier alpha value is -1.61. The zero-order valence-corrected chi connectivity index (χ0v) is 16.1. The zero-order valence-electron chi connectivity index (χ0n) is 14.5. The van der Waals surface area contributed by atoms with Gasteiger partial charge in [0.1, 0.15) is 17.5 Å². The van der Waals surface area contributed by atoms with E-state index in [1.165, 1.54) is 6.07 Å². The molecule has 0 amide bonds. The molecule has 2 atom stereocenters. The maximum atomic E-state index is 14.9. The minimum absolute atomic E-state index is 0. The van der Waals surface area contributed by atoms with Gasteiger partial charge in [0.2, 0.25) is 10.0 Å². The van der Waals surface area contributed by atoms with Crippen LogP contribution < -0.4 is 10.0 Å². The van der Waals surface area contributed by atoms with Crippen molar-refractivity contribution in [2.24, 2.45) is 0 Å². The van der Waals surface area contributed by atoms with E-state index < -0.39 is 27.5 Å². The van der Waals surface area contributed by atoms with Gasteiger partial charge in [-0.15, -0.1) is 12.4 Å². The van der Waals surface area contributed by atoms with Crippen molar-refractivity contribution in [1.82, 2.24) is 10.0 Å². The van der Waals surface area contributed by atoms with Gasteiger partial charge < -0.3 is 5.32 Å². The second-order valence-electron chi connectivity index (χ2n) is 6.49. The summed E-state index contributed by atoms with van der Waals surface area (Å²) in [6, 6.07) is 6.95. The van der Waals surface area contributed by atoms with E-state index in [2.05, 4.69) is 10.0 Å². The topological polar surface area (TPSA) is 58.2 Å². The molecule has 0 saturated carbocycles. The van der Waals surface area contributed by atoms with Crippen LogP contribution in [0.2, 0.25) is 0 Å². The predicted molar refractivity (Wildman–Crippen MR) is 101 cm³/mol. The summed E-state index contributed by atoms with van der Waals surface area (Å²) in [6.45, 7) is 0.619. The van der Waals surface area contributed by atoms with Crippen molar-refractivity contribution in [3.63, 3.8) is 0 Å². The second-order valence-corrected chi connectivity index (χ2v) is 8.27. The molecule has 2 aromatic rings. The lowest BCUT2D eigenvalue weighted by molar-refractivity contribution is 0.485. The van der Waals surface area contributed by atoms with Crippen molar-refractivity contribution < 1.29 is 21.6 Å². The van der Waals surface area contributed by atoms with Crippen molar-refractivity contribution >= 4 is 22.4 Å². The average molecular weight is 421 g/mol. The summed E-state index contributed by atoms with van der Waals surface area (Å²) in [4.78, 5) is 0. The van der Waals surface area contributed by atoms with Crippen LogP contribution in [-0.2, 0) is 16.4 Å². The highest BCUT2D eigenvalue weighted by Crippen LogP contribution is 2.28. The summed E-state index contributed by atoms with van der Waals surface area (Å²) in [5.74, 6) is -2.12. The average Bonchev–Trinajstić information content (AvgIpc) is 2.93. The smallest absolute Gasteiger partial charge is 0.209 e. The van der Waals surface area contributed by atoms with Crippen molar-refractivity contribution in [3.05, 3.63) is 59.4 Å². The van der Waals surface area contributed by atoms with Gasteiger partial charge in [-0.3, -0.25) is 0 Å². The molecule has 3 rings (SSSR count). The highest BCUT2D eigenvalue weighted by Gasteiger charge is 2.30. The van der Waals surface area contributed by atoms with Gasteiger partial charge in [0.15, 0.2) is 0 Å². The molecule has 4 nitrogen and oxygen atoms in total. The van der Waals surface area contributed by atoms with Crippen LogP contribution in [0.3, 0.4) is 0 Å². The normalized spacial score (nSPS) is 19.7. The van der Waals surface area contributed by atoms with Gasteiger partial charge in [-0.2, -0.15) is 0 Å². The molecule has 1 heterocycles. The van der Waals surface area contributed by atoms with E-state index in [1.807, 2.05) is 0 Å². The molecule has 0 unspecified atom stereocenters. The Bertz CT molecular complexity index is 905. The molecule has 2 N–H and O–H groups in total. The van der Waals surface area contributed by atoms with Gasteiger partial charge in [0, 0.05) is 23.7 Å². The standard InChI is InChI=1S/C18H19F3N2O2S.ClH/c1-26(24,25)23-16-5-6-22-17(16)9-11-3-2-4-15(18(11)21)12-7-13(19)10-14(20)8-12;/h2-4,7-8,10,16-17,22-23H,5-6,9H2,1H3;1H/t16-,17-;/m0./s1. The first-order valence-electron chi connectivity index (χ1n) is 8.17. The summed E-state index contributed by atoms with van der Waals surface area (Å²) >= 11 is 0. The number of nitrogens with one attached hydrogen (secondary N) is 2. The lowest BCUT2D eigenvalue weighted by atomic mass is 9.96. The molecule has 9 heteroatoms. The van der Waals surface area contributed by atoms with Crippen molar-refractivity contribution in [2.75, 3.05) is 12.8 Å². The molecule has 1 fully saturated rings. The first-order valence-corrected chi connectivity index (χ1v) is 10.1. The van der Waals surface area contributed by atoms with E-state index in [0.29, 0.717) is 18.5 Å². The Morgan fingerprint density at radius 2 is 1.81 bits per heavy atom. The molecule has 0 spiro atoms. The molecule has 0 bridgehead atoms. The fraction of sp³-hybridized carbons (Fsp3) is 0.333. The number of benzene rings is 2. The van der Waals surface area contributed by atoms with Crippen LogP contribution in [0.1, 0.15) is 12.0 Å². The van der Waals surface area contributed by atoms with Gasteiger partial charge in [-0.25, -0.2) is 26.3 Å². The Morgan fingerprint density at radius 3 is 2.44 bits per heavy atom. The molecule has 148 valence electrons. The number of hydrogen-bond donors (Lipinski definition) is 2. The quantitative estimate of drug-likeness (QED) is 0.781. The van der Waals surface area contributed by atoms with Crippen molar-refractivity contribution in [3.8, 4) is 11.1 Å². The molecular weight excluding hydrogens is 401 g/mol. The first kappa shape index (κ1) is 21.7. The molecule has 0 aromatic heterocycles. The number of rotatable bonds is 5. The van der Waals surface area contributed by atoms with Gasteiger partial charge in [0.05, 0.1) is 6.26 Å². The van der Waals surface area contributed by atoms with E-state index in [4.69, 9.17) is 0 Å². The predicted octanol–water partition coefficient (Wildman–Crippen LogP) is 3.01. The third-order valence-corrected chi connectivity index (χ3v) is 5.14. The van der Waals surface area contributed by atoms with E-state index in [9.17, 15) is 21.6 Å². The summed E-state index contributed by atoms with van der Waals surface area (Å²) in [6.07, 6.45) is 1.95. The highest BCUT2D eigenvalue weighted by atomic mass is 35.5. The summed E-state index contributed by atoms with van der Waals surface area (Å²) < 4.78 is 67.3. The lowest BCUT2D eigenvalue weighted by Gasteiger charge is -2.20. The molecule has 0 aliphatic carbocycles. The summed E-state index contributed by atoms with van der Waals surface area (Å²) in [5.41, 5.74) is 0.574. The summed E-state index contributed by atoms with van der Waals surface area (Å²) in [7, 11) is -3.37. The van der Waals surface area contributed by atoms with Crippen LogP contribution in [-0.4, -0.2) is 33.3 Å². The van der Waals surface area contributed by atoms with Crippen LogP contribution in [0, 0.1) is 17.5 Å². The maximum Gasteiger partial charge on any atom is 0.209 e. The van der Waals surface area contributed by atoms with E-state index in [0.717, 1.165) is 24.5 Å². The minimum Gasteiger partial charge on any atom is -0.312 e. The fourth-order valence-corrected chi connectivity index (χ4v) is 4.14. The zero-order chi connectivity index (χ0) is 18.9. The van der Waals surface area contributed by atoms with Crippen LogP contribution in [0.4, 0.5) is 13.2 Å². The van der Waals surface area contributed by atoms with Gasteiger partial charge in [0.25, 0.3) is 0 Å². The minimum atomic E-state index is -3.37. The number of halogens is 4. The number of sulfonamides is 1. The van der Waals surface area contributed by atoms with E-state index in [1.54, 1.807) is 12.1 Å². The van der Waals surface area contributed by atoms with Gasteiger partial charge in [-0.1, -0.05) is 18.2 Å². The highest BCUT2D eigenvalue weighted by molar-refractivity contribution is 7.88. The lowest BCUT2D eigenvalue weighted by Crippen LogP contribution is -2.44. The van der Waals surface area contributed by atoms with Crippen LogP contribution in [0.5, 0.6) is 0 Å². The molecule has 27 heavy (non-hydrogen) atoms. The van der Waals surface area contributed by atoms with E-state index in [-0.39, 0.29) is 42.0 Å². The van der Waals surface area contributed by atoms with Crippen LogP contribution >= 0.6 is 12.4 Å². The Labute approximate surface area is 162 Å². The van der Waals surface area contributed by atoms with Gasteiger partial charge >= 0.3 is 0 Å². The van der Waals surface area contributed by atoms with Crippen molar-refractivity contribution in [1.29, 1.82) is 0 Å². The van der Waals surface area contributed by atoms with Crippen LogP contribution in [0.15, 0.2) is 36.4 Å². The van der Waals surface area contributed by atoms with Gasteiger partial charge in [-0.05, 0) is 42.6 Å². The Morgan fingerprint density at radius 1 is 1.15 bits per heavy atom. The molecule has 1 aliphatic rings. The third kappa shape index (κ3) is 5.44. The molecule has 1 saturated heterocycles. The summed E-state index contributed by atoms with van der Waals surface area (Å²) in [5, 5.41) is 3.17. The Kier molecular flexibility index (Phi) is 6.91. The molecule has 1 aliphatic heterocycles. The SMILES string of the molecule is CS(=O)(=O)N[C@H]1CCN[C@H]1Cc1cccc(-c2cc(F)cc(F)c2)c1F.Cl. The largest absolute Gasteiger partial charge is 0.312 e. The third-order valence-electron chi connectivity index (χ3n) is 4.41. The maximum absolute atomic E-state index is 14.9. The monoisotopic (exact) mass is 420 g/mol. The molecular formula is C18H20ClF3N2O2S. The fourth-order valence-electron chi connectivity index (χ4n) is 3.30. The van der Waals surface area contributed by atoms with E-state index >= 15 is 0 Å². The Balaban J connectivity index is 0.00000261. The van der Waals surface area contributed by atoms with Crippen LogP contribution in [0.25, 0.3) is 11.1 Å². The second kappa shape index (κ2) is 8.60. The van der Waals surface area contributed by atoms with Crippen molar-refractivity contribution in [2.45, 2.75) is 24.9 Å².